The van der Waals surface area contributed by atoms with E-state index in [-0.39, 0.29) is 43.0 Å². The molecule has 1 fully saturated rings. The minimum atomic E-state index is -0.401. The lowest BCUT2D eigenvalue weighted by Crippen LogP contribution is -2.40. The van der Waals surface area contributed by atoms with E-state index in [1.807, 2.05) is 4.90 Å². The lowest BCUT2D eigenvalue weighted by Gasteiger charge is -2.30. The van der Waals surface area contributed by atoms with Crippen LogP contribution in [0.2, 0.25) is 10.0 Å². The van der Waals surface area contributed by atoms with Gasteiger partial charge in [-0.2, -0.15) is 0 Å². The zero-order valence-corrected chi connectivity index (χ0v) is 21.5. The zero-order chi connectivity index (χ0) is 24.7. The van der Waals surface area contributed by atoms with Crippen LogP contribution in [0, 0.1) is 5.92 Å². The monoisotopic (exact) mass is 526 g/mol. The number of likely N-dealkylation sites (tertiary alicyclic amines) is 1. The fourth-order valence-electron chi connectivity index (χ4n) is 3.57. The Kier molecular flexibility index (Phi) is 9.70. The van der Waals surface area contributed by atoms with E-state index in [1.54, 1.807) is 11.4 Å². The Morgan fingerprint density at radius 1 is 1.24 bits per heavy atom. The standard InChI is InChI=1S/C23H28Cl2N4O4S/c1-15-5-7-28(8-6-15)21(31)12-17-14-34-23(26-17)27-20(30)13-29(9-10-33-2)22(32)16-3-4-18(24)19(25)11-16/h3-4,11,14-15H,5-10,12-13H2,1-2H3,(H,26,27,30). The van der Waals surface area contributed by atoms with Crippen molar-refractivity contribution < 1.29 is 19.1 Å². The van der Waals surface area contributed by atoms with Gasteiger partial charge < -0.3 is 19.9 Å². The Bertz CT molecular complexity index is 1020. The molecule has 0 bridgehead atoms. The average Bonchev–Trinajstić information content (AvgIpc) is 3.24. The molecule has 11 heteroatoms. The molecule has 1 N–H and O–H groups in total. The average molecular weight is 527 g/mol. The first kappa shape index (κ1) is 26.4. The number of methoxy groups -OCH3 is 1. The van der Waals surface area contributed by atoms with Crippen LogP contribution in [0.3, 0.4) is 0 Å². The van der Waals surface area contributed by atoms with Crippen LogP contribution in [0.4, 0.5) is 5.13 Å². The summed E-state index contributed by atoms with van der Waals surface area (Å²) in [6.07, 6.45) is 2.24. The minimum Gasteiger partial charge on any atom is -0.383 e. The largest absolute Gasteiger partial charge is 0.383 e. The van der Waals surface area contributed by atoms with Gasteiger partial charge in [-0.15, -0.1) is 11.3 Å². The van der Waals surface area contributed by atoms with Crippen molar-refractivity contribution in [2.24, 2.45) is 5.92 Å². The van der Waals surface area contributed by atoms with Crippen LogP contribution in [0.25, 0.3) is 0 Å². The van der Waals surface area contributed by atoms with Crippen molar-refractivity contribution in [2.75, 3.05) is 45.2 Å². The summed E-state index contributed by atoms with van der Waals surface area (Å²) in [4.78, 5) is 45.7. The summed E-state index contributed by atoms with van der Waals surface area (Å²) < 4.78 is 5.08. The van der Waals surface area contributed by atoms with Gasteiger partial charge in [0.1, 0.15) is 6.54 Å². The van der Waals surface area contributed by atoms with Crippen LogP contribution in [0.15, 0.2) is 23.6 Å². The number of halogens is 2. The Morgan fingerprint density at radius 2 is 1.97 bits per heavy atom. The topological polar surface area (TPSA) is 91.8 Å². The van der Waals surface area contributed by atoms with E-state index < -0.39 is 5.91 Å². The molecule has 1 aromatic carbocycles. The number of nitrogens with one attached hydrogen (secondary N) is 1. The minimum absolute atomic E-state index is 0.0491. The number of ether oxygens (including phenoxy) is 1. The second kappa shape index (κ2) is 12.5. The van der Waals surface area contributed by atoms with E-state index in [9.17, 15) is 14.4 Å². The molecule has 1 aromatic heterocycles. The smallest absolute Gasteiger partial charge is 0.254 e. The van der Waals surface area contributed by atoms with Crippen molar-refractivity contribution in [3.8, 4) is 0 Å². The molecule has 0 unspecified atom stereocenters. The molecule has 0 aliphatic carbocycles. The Hall–Kier alpha value is -2.20. The van der Waals surface area contributed by atoms with E-state index in [1.165, 1.54) is 35.5 Å². The van der Waals surface area contributed by atoms with E-state index in [4.69, 9.17) is 27.9 Å². The van der Waals surface area contributed by atoms with E-state index >= 15 is 0 Å². The summed E-state index contributed by atoms with van der Waals surface area (Å²) in [6, 6.07) is 4.56. The molecule has 0 saturated carbocycles. The van der Waals surface area contributed by atoms with Gasteiger partial charge in [-0.25, -0.2) is 4.98 Å². The molecule has 8 nitrogen and oxygen atoms in total. The fraction of sp³-hybridized carbons (Fsp3) is 0.478. The number of amides is 3. The molecule has 2 heterocycles. The number of hydrogen-bond acceptors (Lipinski definition) is 6. The van der Waals surface area contributed by atoms with Gasteiger partial charge in [-0.05, 0) is 37.0 Å². The van der Waals surface area contributed by atoms with Gasteiger partial charge in [0.05, 0.1) is 28.8 Å². The highest BCUT2D eigenvalue weighted by Crippen LogP contribution is 2.23. The molecule has 3 rings (SSSR count). The lowest BCUT2D eigenvalue weighted by atomic mass is 9.99. The van der Waals surface area contributed by atoms with E-state index in [2.05, 4.69) is 17.2 Å². The van der Waals surface area contributed by atoms with Gasteiger partial charge in [0.15, 0.2) is 5.13 Å². The summed E-state index contributed by atoms with van der Waals surface area (Å²) in [5, 5.41) is 5.46. The van der Waals surface area contributed by atoms with Crippen LogP contribution in [-0.4, -0.2) is 72.4 Å². The normalized spacial score (nSPS) is 14.2. The number of rotatable bonds is 9. The molecule has 1 saturated heterocycles. The predicted octanol–water partition coefficient (Wildman–Crippen LogP) is 3.98. The highest BCUT2D eigenvalue weighted by Gasteiger charge is 2.22. The maximum Gasteiger partial charge on any atom is 0.254 e. The van der Waals surface area contributed by atoms with Gasteiger partial charge in [0, 0.05) is 37.7 Å². The number of aromatic nitrogens is 1. The SMILES string of the molecule is COCCN(CC(=O)Nc1nc(CC(=O)N2CCC(C)CC2)cs1)C(=O)c1ccc(Cl)c(Cl)c1. The second-order valence-electron chi connectivity index (χ2n) is 8.28. The number of carbonyl (C=O) groups is 3. The third-order valence-corrected chi connectivity index (χ3v) is 7.17. The van der Waals surface area contributed by atoms with E-state index in [0.29, 0.717) is 27.3 Å². The van der Waals surface area contributed by atoms with Gasteiger partial charge in [-0.3, -0.25) is 14.4 Å². The van der Waals surface area contributed by atoms with Crippen LogP contribution in [0.5, 0.6) is 0 Å². The highest BCUT2D eigenvalue weighted by atomic mass is 35.5. The Morgan fingerprint density at radius 3 is 2.65 bits per heavy atom. The van der Waals surface area contributed by atoms with Gasteiger partial charge in [-0.1, -0.05) is 30.1 Å². The van der Waals surface area contributed by atoms with Crippen molar-refractivity contribution in [1.82, 2.24) is 14.8 Å². The lowest BCUT2D eigenvalue weighted by molar-refractivity contribution is -0.131. The molecule has 0 spiro atoms. The summed E-state index contributed by atoms with van der Waals surface area (Å²) in [5.41, 5.74) is 0.938. The zero-order valence-electron chi connectivity index (χ0n) is 19.2. The molecule has 1 aliphatic rings. The summed E-state index contributed by atoms with van der Waals surface area (Å²) in [7, 11) is 1.52. The summed E-state index contributed by atoms with van der Waals surface area (Å²) >= 11 is 13.2. The maximum absolute atomic E-state index is 12.9. The fourth-order valence-corrected chi connectivity index (χ4v) is 4.59. The van der Waals surface area contributed by atoms with Gasteiger partial charge in [0.2, 0.25) is 11.8 Å². The number of thiazole rings is 1. The van der Waals surface area contributed by atoms with Crippen molar-refractivity contribution in [1.29, 1.82) is 0 Å². The third kappa shape index (κ3) is 7.40. The van der Waals surface area contributed by atoms with Crippen molar-refractivity contribution in [2.45, 2.75) is 26.2 Å². The molecule has 184 valence electrons. The molecule has 2 aromatic rings. The number of nitrogens with zero attached hydrogens (tertiary/aromatic N) is 3. The molecule has 0 atom stereocenters. The molecular formula is C23H28Cl2N4O4S. The van der Waals surface area contributed by atoms with Crippen molar-refractivity contribution in [3.63, 3.8) is 0 Å². The Balaban J connectivity index is 1.58. The third-order valence-electron chi connectivity index (χ3n) is 5.62. The van der Waals surface area contributed by atoms with Crippen LogP contribution in [0.1, 0.15) is 35.8 Å². The highest BCUT2D eigenvalue weighted by molar-refractivity contribution is 7.13. The van der Waals surface area contributed by atoms with Crippen LogP contribution < -0.4 is 5.32 Å². The number of carbonyl (C=O) groups excluding carboxylic acids is 3. The molecule has 3 amide bonds. The summed E-state index contributed by atoms with van der Waals surface area (Å²) in [6.45, 7) is 4.04. The molecular weight excluding hydrogens is 499 g/mol. The first-order chi connectivity index (χ1) is 16.3. The first-order valence-corrected chi connectivity index (χ1v) is 12.7. The predicted molar refractivity (Wildman–Crippen MR) is 134 cm³/mol. The first-order valence-electron chi connectivity index (χ1n) is 11.0. The van der Waals surface area contributed by atoms with Gasteiger partial charge >= 0.3 is 0 Å². The van der Waals surface area contributed by atoms with Crippen molar-refractivity contribution >= 4 is 57.4 Å². The molecule has 0 radical (unpaired) electrons. The molecule has 34 heavy (non-hydrogen) atoms. The second-order valence-corrected chi connectivity index (χ2v) is 9.95. The molecule has 1 aliphatic heterocycles. The van der Waals surface area contributed by atoms with E-state index in [0.717, 1.165) is 25.9 Å². The van der Waals surface area contributed by atoms with Crippen molar-refractivity contribution in [3.05, 3.63) is 44.9 Å². The number of benzene rings is 1. The summed E-state index contributed by atoms with van der Waals surface area (Å²) in [5.74, 6) is -0.0704. The van der Waals surface area contributed by atoms with Gasteiger partial charge in [0.25, 0.3) is 5.91 Å². The van der Waals surface area contributed by atoms with Crippen LogP contribution in [-0.2, 0) is 20.7 Å². The number of hydrogen-bond donors (Lipinski definition) is 1. The van der Waals surface area contributed by atoms with Crippen LogP contribution >= 0.6 is 34.5 Å². The number of piperidine rings is 1. The Labute approximate surface area is 213 Å². The maximum atomic E-state index is 12.9. The quantitative estimate of drug-likeness (QED) is 0.533. The number of anilines is 1.